The van der Waals surface area contributed by atoms with E-state index in [1.807, 2.05) is 20.3 Å². The molecule has 0 unspecified atom stereocenters. The molecule has 1 N–H and O–H groups in total. The summed E-state index contributed by atoms with van der Waals surface area (Å²) in [7, 11) is 4.06. The largest absolute Gasteiger partial charge is 0.375 e. The standard InChI is InChI=1S/C9H17N3/c1-9(2,3)8-7(12(4)5)6-10-11-8/h6H,1-5H3,(H,10,11). The monoisotopic (exact) mass is 167 g/mol. The highest BCUT2D eigenvalue weighted by Gasteiger charge is 2.20. The summed E-state index contributed by atoms with van der Waals surface area (Å²) in [6.45, 7) is 6.52. The Morgan fingerprint density at radius 1 is 1.33 bits per heavy atom. The number of H-pyrrole nitrogens is 1. The van der Waals surface area contributed by atoms with Gasteiger partial charge in [0, 0.05) is 19.5 Å². The highest BCUT2D eigenvalue weighted by atomic mass is 15.2. The average molecular weight is 167 g/mol. The molecule has 12 heavy (non-hydrogen) atoms. The van der Waals surface area contributed by atoms with Gasteiger partial charge in [-0.15, -0.1) is 0 Å². The fourth-order valence-corrected chi connectivity index (χ4v) is 1.17. The van der Waals surface area contributed by atoms with Gasteiger partial charge < -0.3 is 4.90 Å². The highest BCUT2D eigenvalue weighted by molar-refractivity contribution is 5.50. The quantitative estimate of drug-likeness (QED) is 0.691. The van der Waals surface area contributed by atoms with Crippen LogP contribution >= 0.6 is 0 Å². The van der Waals surface area contributed by atoms with Crippen LogP contribution in [0.25, 0.3) is 0 Å². The lowest BCUT2D eigenvalue weighted by Gasteiger charge is -2.21. The number of aromatic nitrogens is 2. The molecule has 0 atom stereocenters. The molecule has 0 spiro atoms. The van der Waals surface area contributed by atoms with Crippen LogP contribution in [0.4, 0.5) is 5.69 Å². The molecule has 0 amide bonds. The van der Waals surface area contributed by atoms with Crippen LogP contribution in [0.2, 0.25) is 0 Å². The predicted octanol–water partition coefficient (Wildman–Crippen LogP) is 1.77. The first-order valence-electron chi connectivity index (χ1n) is 4.14. The third-order valence-electron chi connectivity index (χ3n) is 1.85. The van der Waals surface area contributed by atoms with Crippen molar-refractivity contribution in [3.05, 3.63) is 11.9 Å². The normalized spacial score (nSPS) is 11.8. The summed E-state index contributed by atoms with van der Waals surface area (Å²) in [6.07, 6.45) is 1.86. The Balaban J connectivity index is 3.08. The fourth-order valence-electron chi connectivity index (χ4n) is 1.17. The number of anilines is 1. The maximum atomic E-state index is 4.04. The van der Waals surface area contributed by atoms with E-state index in [4.69, 9.17) is 0 Å². The molecule has 0 saturated carbocycles. The van der Waals surface area contributed by atoms with Crippen molar-refractivity contribution in [1.29, 1.82) is 0 Å². The van der Waals surface area contributed by atoms with Gasteiger partial charge in [-0.3, -0.25) is 5.10 Å². The van der Waals surface area contributed by atoms with Crippen LogP contribution in [0.3, 0.4) is 0 Å². The van der Waals surface area contributed by atoms with E-state index in [0.29, 0.717) is 0 Å². The lowest BCUT2D eigenvalue weighted by atomic mass is 9.91. The Kier molecular flexibility index (Phi) is 2.13. The Morgan fingerprint density at radius 3 is 2.25 bits per heavy atom. The minimum absolute atomic E-state index is 0.135. The van der Waals surface area contributed by atoms with E-state index < -0.39 is 0 Å². The summed E-state index contributed by atoms with van der Waals surface area (Å²) in [5.74, 6) is 0. The molecule has 1 aromatic heterocycles. The Morgan fingerprint density at radius 2 is 1.92 bits per heavy atom. The summed E-state index contributed by atoms with van der Waals surface area (Å²) in [4.78, 5) is 2.07. The lowest BCUT2D eigenvalue weighted by Crippen LogP contribution is -2.18. The molecule has 1 aromatic rings. The fraction of sp³-hybridized carbons (Fsp3) is 0.667. The smallest absolute Gasteiger partial charge is 0.0782 e. The summed E-state index contributed by atoms with van der Waals surface area (Å²) < 4.78 is 0. The first-order chi connectivity index (χ1) is 5.43. The molecule has 0 aliphatic heterocycles. The highest BCUT2D eigenvalue weighted by Crippen LogP contribution is 2.28. The van der Waals surface area contributed by atoms with Crippen LogP contribution in [-0.2, 0) is 5.41 Å². The van der Waals surface area contributed by atoms with Crippen molar-refractivity contribution in [3.63, 3.8) is 0 Å². The molecule has 3 heteroatoms. The summed E-state index contributed by atoms with van der Waals surface area (Å²) in [6, 6.07) is 0. The number of nitrogens with zero attached hydrogens (tertiary/aromatic N) is 2. The average Bonchev–Trinajstić information content (AvgIpc) is 2.30. The lowest BCUT2D eigenvalue weighted by molar-refractivity contribution is 0.566. The summed E-state index contributed by atoms with van der Waals surface area (Å²) in [5, 5.41) is 7.08. The van der Waals surface area contributed by atoms with Gasteiger partial charge in [-0.2, -0.15) is 5.10 Å². The third kappa shape index (κ3) is 1.60. The van der Waals surface area contributed by atoms with E-state index >= 15 is 0 Å². The summed E-state index contributed by atoms with van der Waals surface area (Å²) in [5.41, 5.74) is 2.49. The molecule has 0 radical (unpaired) electrons. The van der Waals surface area contributed by atoms with Crippen molar-refractivity contribution in [2.75, 3.05) is 19.0 Å². The van der Waals surface area contributed by atoms with E-state index in [1.54, 1.807) is 0 Å². The van der Waals surface area contributed by atoms with E-state index in [-0.39, 0.29) is 5.41 Å². The van der Waals surface area contributed by atoms with Gasteiger partial charge in [0.05, 0.1) is 17.6 Å². The van der Waals surface area contributed by atoms with Crippen LogP contribution < -0.4 is 4.90 Å². The van der Waals surface area contributed by atoms with Crippen molar-refractivity contribution in [3.8, 4) is 0 Å². The first-order valence-corrected chi connectivity index (χ1v) is 4.14. The minimum Gasteiger partial charge on any atom is -0.375 e. The summed E-state index contributed by atoms with van der Waals surface area (Å²) >= 11 is 0. The van der Waals surface area contributed by atoms with E-state index in [0.717, 1.165) is 0 Å². The van der Waals surface area contributed by atoms with Gasteiger partial charge in [0.2, 0.25) is 0 Å². The number of rotatable bonds is 1. The maximum absolute atomic E-state index is 4.04. The van der Waals surface area contributed by atoms with Gasteiger partial charge in [0.15, 0.2) is 0 Å². The number of aromatic amines is 1. The van der Waals surface area contributed by atoms with Gasteiger partial charge in [-0.25, -0.2) is 0 Å². The second kappa shape index (κ2) is 2.81. The molecular weight excluding hydrogens is 150 g/mol. The Bertz CT molecular complexity index is 255. The first kappa shape index (κ1) is 9.10. The predicted molar refractivity (Wildman–Crippen MR) is 51.6 cm³/mol. The number of nitrogens with one attached hydrogen (secondary N) is 1. The van der Waals surface area contributed by atoms with Crippen LogP contribution in [0, 0.1) is 0 Å². The van der Waals surface area contributed by atoms with Gasteiger partial charge in [-0.05, 0) is 0 Å². The zero-order valence-electron chi connectivity index (χ0n) is 8.47. The number of hydrogen-bond acceptors (Lipinski definition) is 2. The Labute approximate surface area is 73.8 Å². The van der Waals surface area contributed by atoms with Crippen molar-refractivity contribution in [2.24, 2.45) is 0 Å². The van der Waals surface area contributed by atoms with E-state index in [1.165, 1.54) is 11.4 Å². The zero-order valence-corrected chi connectivity index (χ0v) is 8.47. The molecule has 3 nitrogen and oxygen atoms in total. The van der Waals surface area contributed by atoms with E-state index in [9.17, 15) is 0 Å². The molecule has 68 valence electrons. The van der Waals surface area contributed by atoms with Gasteiger partial charge in [0.1, 0.15) is 0 Å². The SMILES string of the molecule is CN(C)c1cn[nH]c1C(C)(C)C. The second-order valence-electron chi connectivity index (χ2n) is 4.27. The van der Waals surface area contributed by atoms with Crippen LogP contribution in [0.5, 0.6) is 0 Å². The topological polar surface area (TPSA) is 31.9 Å². The molecule has 0 aliphatic rings. The molecule has 0 aromatic carbocycles. The van der Waals surface area contributed by atoms with Gasteiger partial charge in [0.25, 0.3) is 0 Å². The minimum atomic E-state index is 0.135. The number of hydrogen-bond donors (Lipinski definition) is 1. The zero-order chi connectivity index (χ0) is 9.35. The van der Waals surface area contributed by atoms with Crippen molar-refractivity contribution in [1.82, 2.24) is 10.2 Å². The van der Waals surface area contributed by atoms with E-state index in [2.05, 4.69) is 35.9 Å². The molecule has 0 fully saturated rings. The molecule has 0 aliphatic carbocycles. The molecule has 0 saturated heterocycles. The van der Waals surface area contributed by atoms with Gasteiger partial charge in [-0.1, -0.05) is 20.8 Å². The molecular formula is C9H17N3. The molecule has 1 rings (SSSR count). The van der Waals surface area contributed by atoms with Crippen molar-refractivity contribution < 1.29 is 0 Å². The van der Waals surface area contributed by atoms with Crippen LogP contribution in [-0.4, -0.2) is 24.3 Å². The maximum Gasteiger partial charge on any atom is 0.0782 e. The molecule has 0 bridgehead atoms. The molecule has 1 heterocycles. The van der Waals surface area contributed by atoms with Crippen LogP contribution in [0.15, 0.2) is 6.20 Å². The third-order valence-corrected chi connectivity index (χ3v) is 1.85. The van der Waals surface area contributed by atoms with Crippen LogP contribution in [0.1, 0.15) is 26.5 Å². The van der Waals surface area contributed by atoms with Crippen molar-refractivity contribution >= 4 is 5.69 Å². The van der Waals surface area contributed by atoms with Gasteiger partial charge >= 0.3 is 0 Å². The Hall–Kier alpha value is -0.990. The second-order valence-corrected chi connectivity index (χ2v) is 4.27. The van der Waals surface area contributed by atoms with Crippen molar-refractivity contribution in [2.45, 2.75) is 26.2 Å².